The van der Waals surface area contributed by atoms with Gasteiger partial charge >= 0.3 is 0 Å². The number of halogens is 1. The standard InChI is InChI=1S/C12H16BrN3O2/c1-8-6-9(4-5-14-8)15-12-3-2-10(16(17)18)7-11(12)13/h2-3,7-9,14-15H,4-6H2,1H3. The van der Waals surface area contributed by atoms with Crippen LogP contribution in [0.5, 0.6) is 0 Å². The summed E-state index contributed by atoms with van der Waals surface area (Å²) < 4.78 is 0.739. The van der Waals surface area contributed by atoms with E-state index in [-0.39, 0.29) is 10.6 Å². The summed E-state index contributed by atoms with van der Waals surface area (Å²) in [6.07, 6.45) is 2.12. The van der Waals surface area contributed by atoms with Crippen molar-refractivity contribution < 1.29 is 4.92 Å². The van der Waals surface area contributed by atoms with Crippen LogP contribution in [0.1, 0.15) is 19.8 Å². The predicted octanol–water partition coefficient (Wildman–Crippen LogP) is 2.91. The topological polar surface area (TPSA) is 67.2 Å². The fourth-order valence-corrected chi connectivity index (χ4v) is 2.70. The summed E-state index contributed by atoms with van der Waals surface area (Å²) in [5.74, 6) is 0. The molecule has 0 saturated carbocycles. The van der Waals surface area contributed by atoms with Crippen LogP contribution in [0.2, 0.25) is 0 Å². The van der Waals surface area contributed by atoms with Gasteiger partial charge in [-0.2, -0.15) is 0 Å². The van der Waals surface area contributed by atoms with Crippen LogP contribution in [-0.2, 0) is 0 Å². The fraction of sp³-hybridized carbons (Fsp3) is 0.500. The first-order valence-electron chi connectivity index (χ1n) is 6.00. The van der Waals surface area contributed by atoms with Gasteiger partial charge in [0.2, 0.25) is 0 Å². The zero-order chi connectivity index (χ0) is 13.1. The van der Waals surface area contributed by atoms with Gasteiger partial charge in [-0.05, 0) is 48.3 Å². The Morgan fingerprint density at radius 2 is 2.33 bits per heavy atom. The third-order valence-electron chi connectivity index (χ3n) is 3.15. The number of benzene rings is 1. The molecule has 1 aliphatic rings. The number of rotatable bonds is 3. The molecule has 18 heavy (non-hydrogen) atoms. The van der Waals surface area contributed by atoms with E-state index in [9.17, 15) is 10.1 Å². The number of nitrogens with one attached hydrogen (secondary N) is 2. The molecule has 1 aromatic carbocycles. The van der Waals surface area contributed by atoms with Gasteiger partial charge in [-0.3, -0.25) is 10.1 Å². The first-order valence-corrected chi connectivity index (χ1v) is 6.79. The van der Waals surface area contributed by atoms with Crippen LogP contribution in [0.25, 0.3) is 0 Å². The molecule has 6 heteroatoms. The van der Waals surface area contributed by atoms with E-state index in [4.69, 9.17) is 0 Å². The maximum atomic E-state index is 10.7. The zero-order valence-electron chi connectivity index (χ0n) is 10.1. The first kappa shape index (κ1) is 13.3. The maximum Gasteiger partial charge on any atom is 0.270 e. The van der Waals surface area contributed by atoms with Gasteiger partial charge in [-0.1, -0.05) is 0 Å². The van der Waals surface area contributed by atoms with Gasteiger partial charge in [0.1, 0.15) is 0 Å². The molecule has 5 nitrogen and oxygen atoms in total. The molecule has 0 radical (unpaired) electrons. The Bertz CT molecular complexity index is 453. The predicted molar refractivity (Wildman–Crippen MR) is 74.9 cm³/mol. The van der Waals surface area contributed by atoms with Gasteiger partial charge in [0.15, 0.2) is 0 Å². The van der Waals surface area contributed by atoms with Gasteiger partial charge in [0.05, 0.1) is 4.92 Å². The minimum Gasteiger partial charge on any atom is -0.381 e. The van der Waals surface area contributed by atoms with E-state index in [0.29, 0.717) is 12.1 Å². The van der Waals surface area contributed by atoms with Crippen LogP contribution in [0, 0.1) is 10.1 Å². The molecule has 0 spiro atoms. The Labute approximate surface area is 114 Å². The van der Waals surface area contributed by atoms with Gasteiger partial charge in [-0.25, -0.2) is 0 Å². The van der Waals surface area contributed by atoms with E-state index in [1.807, 2.05) is 0 Å². The molecule has 0 aromatic heterocycles. The number of hydrogen-bond acceptors (Lipinski definition) is 4. The molecule has 0 aliphatic carbocycles. The lowest BCUT2D eigenvalue weighted by molar-refractivity contribution is -0.384. The van der Waals surface area contributed by atoms with Gasteiger partial charge in [0, 0.05) is 34.4 Å². The summed E-state index contributed by atoms with van der Waals surface area (Å²) >= 11 is 3.37. The lowest BCUT2D eigenvalue weighted by Crippen LogP contribution is -2.41. The second-order valence-electron chi connectivity index (χ2n) is 4.64. The maximum absolute atomic E-state index is 10.7. The Kier molecular flexibility index (Phi) is 4.19. The molecule has 1 saturated heterocycles. The number of piperidine rings is 1. The van der Waals surface area contributed by atoms with Crippen molar-refractivity contribution in [2.75, 3.05) is 11.9 Å². The Hall–Kier alpha value is -1.14. The van der Waals surface area contributed by atoms with Crippen molar-refractivity contribution in [2.45, 2.75) is 31.8 Å². The quantitative estimate of drug-likeness (QED) is 0.665. The van der Waals surface area contributed by atoms with Crippen molar-refractivity contribution in [3.05, 3.63) is 32.8 Å². The van der Waals surface area contributed by atoms with E-state index in [1.54, 1.807) is 6.07 Å². The van der Waals surface area contributed by atoms with Crippen LogP contribution in [0.15, 0.2) is 22.7 Å². The highest BCUT2D eigenvalue weighted by Gasteiger charge is 2.19. The monoisotopic (exact) mass is 313 g/mol. The molecule has 2 unspecified atom stereocenters. The van der Waals surface area contributed by atoms with Gasteiger partial charge in [0.25, 0.3) is 5.69 Å². The van der Waals surface area contributed by atoms with E-state index in [2.05, 4.69) is 33.5 Å². The van der Waals surface area contributed by atoms with Gasteiger partial charge in [-0.15, -0.1) is 0 Å². The highest BCUT2D eigenvalue weighted by atomic mass is 79.9. The number of non-ortho nitro benzene ring substituents is 1. The van der Waals surface area contributed by atoms with Crippen molar-refractivity contribution >= 4 is 27.3 Å². The van der Waals surface area contributed by atoms with Crippen LogP contribution >= 0.6 is 15.9 Å². The summed E-state index contributed by atoms with van der Waals surface area (Å²) in [5.41, 5.74) is 1.02. The molecule has 2 N–H and O–H groups in total. The average Bonchev–Trinajstić information content (AvgIpc) is 2.31. The van der Waals surface area contributed by atoms with Crippen molar-refractivity contribution in [2.24, 2.45) is 0 Å². The third-order valence-corrected chi connectivity index (χ3v) is 3.80. The number of nitro benzene ring substituents is 1. The third kappa shape index (κ3) is 3.20. The Morgan fingerprint density at radius 1 is 1.56 bits per heavy atom. The van der Waals surface area contributed by atoms with Crippen molar-refractivity contribution in [3.8, 4) is 0 Å². The molecule has 1 fully saturated rings. The van der Waals surface area contributed by atoms with Crippen LogP contribution in [-0.4, -0.2) is 23.6 Å². The molecule has 0 amide bonds. The highest BCUT2D eigenvalue weighted by Crippen LogP contribution is 2.28. The van der Waals surface area contributed by atoms with Crippen molar-refractivity contribution in [3.63, 3.8) is 0 Å². The summed E-state index contributed by atoms with van der Waals surface area (Å²) in [6, 6.07) is 5.74. The largest absolute Gasteiger partial charge is 0.381 e. The molecule has 2 rings (SSSR count). The second-order valence-corrected chi connectivity index (χ2v) is 5.50. The fourth-order valence-electron chi connectivity index (χ4n) is 2.22. The molecule has 98 valence electrons. The molecule has 2 atom stereocenters. The normalized spacial score (nSPS) is 23.7. The van der Waals surface area contributed by atoms with E-state index >= 15 is 0 Å². The minimum absolute atomic E-state index is 0.103. The zero-order valence-corrected chi connectivity index (χ0v) is 11.7. The molecule has 1 aromatic rings. The highest BCUT2D eigenvalue weighted by molar-refractivity contribution is 9.10. The van der Waals surface area contributed by atoms with Gasteiger partial charge < -0.3 is 10.6 Å². The van der Waals surface area contributed by atoms with E-state index < -0.39 is 0 Å². The van der Waals surface area contributed by atoms with Crippen molar-refractivity contribution in [1.29, 1.82) is 0 Å². The van der Waals surface area contributed by atoms with Crippen LogP contribution in [0.4, 0.5) is 11.4 Å². The Morgan fingerprint density at radius 3 is 2.94 bits per heavy atom. The lowest BCUT2D eigenvalue weighted by Gasteiger charge is -2.29. The summed E-state index contributed by atoms with van der Waals surface area (Å²) in [7, 11) is 0. The molecular formula is C12H16BrN3O2. The summed E-state index contributed by atoms with van der Waals surface area (Å²) in [6.45, 7) is 3.17. The molecule has 1 aliphatic heterocycles. The average molecular weight is 314 g/mol. The number of nitro groups is 1. The Balaban J connectivity index is 2.07. The number of anilines is 1. The number of hydrogen-bond donors (Lipinski definition) is 2. The molecule has 0 bridgehead atoms. The first-order chi connectivity index (χ1) is 8.56. The number of nitrogens with zero attached hydrogens (tertiary/aromatic N) is 1. The minimum atomic E-state index is -0.388. The second kappa shape index (κ2) is 5.67. The molecular weight excluding hydrogens is 298 g/mol. The molecule has 1 heterocycles. The SMILES string of the molecule is CC1CC(Nc2ccc([N+](=O)[O-])cc2Br)CCN1. The van der Waals surface area contributed by atoms with Crippen molar-refractivity contribution in [1.82, 2.24) is 5.32 Å². The summed E-state index contributed by atoms with van der Waals surface area (Å²) in [5, 5.41) is 17.5. The smallest absolute Gasteiger partial charge is 0.270 e. The summed E-state index contributed by atoms with van der Waals surface area (Å²) in [4.78, 5) is 10.3. The van der Waals surface area contributed by atoms with E-state index in [1.165, 1.54) is 12.1 Å². The van der Waals surface area contributed by atoms with Crippen LogP contribution in [0.3, 0.4) is 0 Å². The van der Waals surface area contributed by atoms with E-state index in [0.717, 1.165) is 29.5 Å². The lowest BCUT2D eigenvalue weighted by atomic mass is 10.0. The van der Waals surface area contributed by atoms with Crippen LogP contribution < -0.4 is 10.6 Å².